The summed E-state index contributed by atoms with van der Waals surface area (Å²) < 4.78 is 0. The molecule has 0 bridgehead atoms. The molecule has 0 aromatic carbocycles. The van der Waals surface area contributed by atoms with Gasteiger partial charge in [-0.2, -0.15) is 0 Å². The molecule has 0 aromatic rings. The molecule has 192 valence electrons. The third-order valence-electron chi connectivity index (χ3n) is 5.55. The van der Waals surface area contributed by atoms with Crippen molar-refractivity contribution < 1.29 is 14.4 Å². The van der Waals surface area contributed by atoms with Crippen molar-refractivity contribution in [3.8, 4) is 0 Å². The Labute approximate surface area is 206 Å². The van der Waals surface area contributed by atoms with Crippen LogP contribution >= 0.6 is 24.8 Å². The van der Waals surface area contributed by atoms with E-state index in [0.717, 1.165) is 26.2 Å². The predicted octanol–water partition coefficient (Wildman–Crippen LogP) is 5.58. The second-order valence-corrected chi connectivity index (χ2v) is 10.7. The highest BCUT2D eigenvalue weighted by Gasteiger charge is 2.25. The number of unbranched alkanes of at least 4 members (excludes halogenated alkanes) is 15. The largest absolute Gasteiger partial charge is 0.492 e. The minimum absolute atomic E-state index is 0. The van der Waals surface area contributed by atoms with Crippen LogP contribution in [0, 0.1) is 0 Å². The van der Waals surface area contributed by atoms with Crippen molar-refractivity contribution in [2.24, 2.45) is 0 Å². The lowest BCUT2D eigenvalue weighted by atomic mass is 10.0. The van der Waals surface area contributed by atoms with Crippen molar-refractivity contribution in [1.29, 1.82) is 0 Å². The van der Waals surface area contributed by atoms with Gasteiger partial charge in [0.2, 0.25) is 0 Å². The van der Waals surface area contributed by atoms with Crippen LogP contribution in [0.15, 0.2) is 0 Å². The molecule has 0 fully saturated rings. The van der Waals surface area contributed by atoms with E-state index >= 15 is 0 Å². The van der Waals surface area contributed by atoms with Crippen LogP contribution in [0.25, 0.3) is 0 Å². The number of nitrogens with one attached hydrogen (secondary N) is 2. The molecule has 0 unspecified atom stereocenters. The fraction of sp³-hybridized carbons (Fsp3) is 1.00. The maximum absolute atomic E-state index is 8.90. The molecular weight excluding hydrogens is 451 g/mol. The normalized spacial score (nSPS) is 11.2. The third-order valence-corrected chi connectivity index (χ3v) is 6.58. The first-order valence-electron chi connectivity index (χ1n) is 12.6. The minimum Gasteiger partial charge on any atom is -0.390 e. The van der Waals surface area contributed by atoms with Gasteiger partial charge >= 0.3 is 8.80 Å². The molecule has 0 saturated heterocycles. The van der Waals surface area contributed by atoms with Gasteiger partial charge in [-0.25, -0.2) is 0 Å². The summed E-state index contributed by atoms with van der Waals surface area (Å²) in [5.41, 5.74) is 0. The SMILES string of the molecule is CCCCCCCCCCCCCCCCCCNCCNCCC[Si](O)(O)O.Cl.Cl. The number of rotatable bonds is 24. The zero-order chi connectivity index (χ0) is 21.5. The van der Waals surface area contributed by atoms with Crippen LogP contribution in [0.5, 0.6) is 0 Å². The van der Waals surface area contributed by atoms with Gasteiger partial charge in [0.15, 0.2) is 0 Å². The first kappa shape index (κ1) is 36.2. The Morgan fingerprint density at radius 1 is 0.452 bits per heavy atom. The molecule has 0 heterocycles. The Kier molecular flexibility index (Phi) is 33.4. The summed E-state index contributed by atoms with van der Waals surface area (Å²) in [5.74, 6) is 0. The quantitative estimate of drug-likeness (QED) is 0.0874. The zero-order valence-corrected chi connectivity index (χ0v) is 22.8. The summed E-state index contributed by atoms with van der Waals surface area (Å²) >= 11 is 0. The van der Waals surface area contributed by atoms with Crippen LogP contribution in [-0.2, 0) is 0 Å². The van der Waals surface area contributed by atoms with E-state index in [4.69, 9.17) is 14.4 Å². The Hall–Kier alpha value is 0.597. The van der Waals surface area contributed by atoms with E-state index in [1.165, 1.54) is 103 Å². The van der Waals surface area contributed by atoms with Crippen LogP contribution in [-0.4, -0.2) is 49.4 Å². The minimum atomic E-state index is -3.83. The van der Waals surface area contributed by atoms with Crippen molar-refractivity contribution in [1.82, 2.24) is 10.6 Å². The Balaban J connectivity index is -0.00000392. The van der Waals surface area contributed by atoms with E-state index in [-0.39, 0.29) is 30.9 Å². The molecular formula is C23H54Cl2N2O3Si. The van der Waals surface area contributed by atoms with Crippen molar-refractivity contribution >= 4 is 33.6 Å². The smallest absolute Gasteiger partial charge is 0.390 e. The molecule has 0 rings (SSSR count). The summed E-state index contributed by atoms with van der Waals surface area (Å²) in [5, 5.41) is 6.68. The molecule has 31 heavy (non-hydrogen) atoms. The Bertz CT molecular complexity index is 326. The fourth-order valence-corrected chi connectivity index (χ4v) is 4.33. The highest BCUT2D eigenvalue weighted by molar-refractivity contribution is 6.56. The summed E-state index contributed by atoms with van der Waals surface area (Å²) in [6.45, 7) is 5.91. The molecule has 5 N–H and O–H groups in total. The number of halogens is 2. The van der Waals surface area contributed by atoms with Gasteiger partial charge in [0, 0.05) is 19.1 Å². The van der Waals surface area contributed by atoms with E-state index in [1.807, 2.05) is 0 Å². The predicted molar refractivity (Wildman–Crippen MR) is 142 cm³/mol. The van der Waals surface area contributed by atoms with Gasteiger partial charge < -0.3 is 25.0 Å². The van der Waals surface area contributed by atoms with Crippen LogP contribution < -0.4 is 10.6 Å². The van der Waals surface area contributed by atoms with E-state index in [0.29, 0.717) is 6.42 Å². The van der Waals surface area contributed by atoms with Crippen LogP contribution in [0.1, 0.15) is 116 Å². The average molecular weight is 506 g/mol. The molecule has 0 radical (unpaired) electrons. The molecule has 0 atom stereocenters. The van der Waals surface area contributed by atoms with Crippen molar-refractivity contribution in [3.05, 3.63) is 0 Å². The van der Waals surface area contributed by atoms with E-state index in [9.17, 15) is 0 Å². The molecule has 0 aliphatic rings. The van der Waals surface area contributed by atoms with Gasteiger partial charge in [0.25, 0.3) is 0 Å². The lowest BCUT2D eigenvalue weighted by Gasteiger charge is -2.10. The molecule has 0 saturated carbocycles. The standard InChI is InChI=1S/C23H52N2O3Si.2ClH/c1-2-3-4-5-6-7-8-9-10-11-12-13-14-15-16-17-19-24-21-22-25-20-18-23-29(26,27)28;;/h24-28H,2-23H2,1H3;2*1H. The number of hydrogen-bond acceptors (Lipinski definition) is 5. The first-order valence-corrected chi connectivity index (χ1v) is 14.7. The monoisotopic (exact) mass is 504 g/mol. The lowest BCUT2D eigenvalue weighted by Crippen LogP contribution is -2.35. The molecule has 0 aliphatic carbocycles. The van der Waals surface area contributed by atoms with Crippen LogP contribution in [0.4, 0.5) is 0 Å². The maximum Gasteiger partial charge on any atom is 0.492 e. The second-order valence-electron chi connectivity index (χ2n) is 8.68. The summed E-state index contributed by atoms with van der Waals surface area (Å²) in [7, 11) is -3.83. The highest BCUT2D eigenvalue weighted by Crippen LogP contribution is 2.13. The van der Waals surface area contributed by atoms with Gasteiger partial charge in [0.1, 0.15) is 0 Å². The summed E-state index contributed by atoms with van der Waals surface area (Å²) in [6, 6.07) is 0.118. The molecule has 0 amide bonds. The third kappa shape index (κ3) is 35.4. The van der Waals surface area contributed by atoms with Gasteiger partial charge in [-0.05, 0) is 25.9 Å². The number of hydrogen-bond donors (Lipinski definition) is 5. The summed E-state index contributed by atoms with van der Waals surface area (Å²) in [4.78, 5) is 26.7. The van der Waals surface area contributed by atoms with Crippen molar-refractivity contribution in [2.45, 2.75) is 122 Å². The summed E-state index contributed by atoms with van der Waals surface area (Å²) in [6.07, 6.45) is 23.1. The lowest BCUT2D eigenvalue weighted by molar-refractivity contribution is 0.226. The highest BCUT2D eigenvalue weighted by atomic mass is 35.5. The molecule has 0 aromatic heterocycles. The molecule has 5 nitrogen and oxygen atoms in total. The second kappa shape index (κ2) is 28.6. The van der Waals surface area contributed by atoms with Gasteiger partial charge in [-0.3, -0.25) is 0 Å². The van der Waals surface area contributed by atoms with Crippen LogP contribution in [0.2, 0.25) is 6.04 Å². The van der Waals surface area contributed by atoms with Gasteiger partial charge in [-0.15, -0.1) is 24.8 Å². The fourth-order valence-electron chi connectivity index (χ4n) is 3.68. The van der Waals surface area contributed by atoms with Crippen molar-refractivity contribution in [3.63, 3.8) is 0 Å². The zero-order valence-electron chi connectivity index (χ0n) is 20.2. The molecule has 8 heteroatoms. The van der Waals surface area contributed by atoms with Crippen molar-refractivity contribution in [2.75, 3.05) is 26.2 Å². The maximum atomic E-state index is 8.90. The van der Waals surface area contributed by atoms with E-state index in [1.54, 1.807) is 0 Å². The Morgan fingerprint density at radius 3 is 1.13 bits per heavy atom. The topological polar surface area (TPSA) is 84.8 Å². The van der Waals surface area contributed by atoms with Crippen LogP contribution in [0.3, 0.4) is 0 Å². The van der Waals surface area contributed by atoms with E-state index in [2.05, 4.69) is 17.6 Å². The molecule has 0 aliphatic heterocycles. The Morgan fingerprint density at radius 2 is 0.774 bits per heavy atom. The van der Waals surface area contributed by atoms with Gasteiger partial charge in [0.05, 0.1) is 0 Å². The van der Waals surface area contributed by atoms with Gasteiger partial charge in [-0.1, -0.05) is 103 Å². The molecule has 0 spiro atoms. The average Bonchev–Trinajstić information content (AvgIpc) is 2.67. The first-order chi connectivity index (χ1) is 14.1. The van der Waals surface area contributed by atoms with E-state index < -0.39 is 8.80 Å².